The van der Waals surface area contributed by atoms with Crippen LogP contribution < -0.4 is 10.1 Å². The molecule has 1 amide bonds. The van der Waals surface area contributed by atoms with Crippen LogP contribution in [0.5, 0.6) is 5.75 Å². The molecule has 1 aromatic heterocycles. The van der Waals surface area contributed by atoms with Crippen molar-refractivity contribution >= 4 is 34.2 Å². The fourth-order valence-corrected chi connectivity index (χ4v) is 2.68. The summed E-state index contributed by atoms with van der Waals surface area (Å²) < 4.78 is 12.2. The Balaban J connectivity index is 0.00000192. The van der Waals surface area contributed by atoms with Gasteiger partial charge in [0.1, 0.15) is 18.1 Å². The summed E-state index contributed by atoms with van der Waals surface area (Å²) in [7, 11) is 0. The summed E-state index contributed by atoms with van der Waals surface area (Å²) in [5, 5.41) is 3.22. The second-order valence-electron chi connectivity index (χ2n) is 5.05. The zero-order valence-electron chi connectivity index (χ0n) is 12.5. The zero-order valence-corrected chi connectivity index (χ0v) is 14.9. The van der Waals surface area contributed by atoms with Gasteiger partial charge in [0.15, 0.2) is 5.76 Å². The Morgan fingerprint density at radius 3 is 2.78 bits per heavy atom. The third kappa shape index (κ3) is 4.73. The number of benzene rings is 1. The Morgan fingerprint density at radius 1 is 1.26 bits per heavy atom. The number of carbonyl (C=O) groups excluding carboxylic acids is 1. The van der Waals surface area contributed by atoms with Crippen LogP contribution in [0.4, 0.5) is 0 Å². The average molecular weight is 402 g/mol. The molecule has 7 heteroatoms. The number of halogens is 2. The molecular formula is C16H18BrClN2O3. The fourth-order valence-electron chi connectivity index (χ4n) is 2.31. The van der Waals surface area contributed by atoms with E-state index in [9.17, 15) is 4.79 Å². The Labute approximate surface area is 149 Å². The molecule has 1 saturated heterocycles. The summed E-state index contributed by atoms with van der Waals surface area (Å²) in [5.74, 6) is 1.70. The fraction of sp³-hybridized carbons (Fsp3) is 0.312. The van der Waals surface area contributed by atoms with E-state index in [2.05, 4.69) is 21.2 Å². The van der Waals surface area contributed by atoms with Gasteiger partial charge in [0, 0.05) is 30.7 Å². The first-order valence-electron chi connectivity index (χ1n) is 7.19. The van der Waals surface area contributed by atoms with Crippen LogP contribution in [-0.2, 0) is 6.61 Å². The number of amides is 1. The van der Waals surface area contributed by atoms with Crippen molar-refractivity contribution in [3.8, 4) is 5.75 Å². The lowest BCUT2D eigenvalue weighted by Crippen LogP contribution is -2.46. The molecule has 0 bridgehead atoms. The number of furan rings is 1. The van der Waals surface area contributed by atoms with Gasteiger partial charge in [-0.3, -0.25) is 4.79 Å². The van der Waals surface area contributed by atoms with Gasteiger partial charge in [0.25, 0.3) is 5.91 Å². The molecule has 0 spiro atoms. The summed E-state index contributed by atoms with van der Waals surface area (Å²) in [5.41, 5.74) is 0. The van der Waals surface area contributed by atoms with E-state index in [-0.39, 0.29) is 18.3 Å². The minimum absolute atomic E-state index is 0. The molecule has 3 rings (SSSR count). The summed E-state index contributed by atoms with van der Waals surface area (Å²) in [4.78, 5) is 14.1. The standard InChI is InChI=1S/C16H17BrN2O3.ClH/c17-12-2-1-3-13(10-12)21-11-14-4-5-15(22-14)16(20)19-8-6-18-7-9-19;/h1-5,10,18H,6-9,11H2;1H. The lowest BCUT2D eigenvalue weighted by atomic mass is 10.3. The number of piperazine rings is 1. The molecule has 23 heavy (non-hydrogen) atoms. The van der Waals surface area contributed by atoms with E-state index in [1.807, 2.05) is 24.3 Å². The van der Waals surface area contributed by atoms with Crippen LogP contribution in [0.2, 0.25) is 0 Å². The molecule has 5 nitrogen and oxygen atoms in total. The van der Waals surface area contributed by atoms with Gasteiger partial charge in [-0.05, 0) is 30.3 Å². The maximum absolute atomic E-state index is 12.3. The largest absolute Gasteiger partial charge is 0.486 e. The average Bonchev–Trinajstić information content (AvgIpc) is 3.02. The monoisotopic (exact) mass is 400 g/mol. The van der Waals surface area contributed by atoms with Gasteiger partial charge in [0.2, 0.25) is 0 Å². The van der Waals surface area contributed by atoms with Crippen LogP contribution in [0.15, 0.2) is 45.3 Å². The molecule has 124 valence electrons. The van der Waals surface area contributed by atoms with Gasteiger partial charge in [-0.1, -0.05) is 22.0 Å². The van der Waals surface area contributed by atoms with Crippen molar-refractivity contribution in [1.82, 2.24) is 10.2 Å². The summed E-state index contributed by atoms with van der Waals surface area (Å²) >= 11 is 3.40. The first kappa shape index (κ1) is 17.8. The van der Waals surface area contributed by atoms with E-state index < -0.39 is 0 Å². The van der Waals surface area contributed by atoms with Crippen LogP contribution in [0.25, 0.3) is 0 Å². The lowest BCUT2D eigenvalue weighted by Gasteiger charge is -2.26. The Kier molecular flexibility index (Phi) is 6.50. The van der Waals surface area contributed by atoms with Crippen LogP contribution in [0, 0.1) is 0 Å². The van der Waals surface area contributed by atoms with E-state index >= 15 is 0 Å². The summed E-state index contributed by atoms with van der Waals surface area (Å²) in [6, 6.07) is 11.1. The number of nitrogens with one attached hydrogen (secondary N) is 1. The number of hydrogen-bond acceptors (Lipinski definition) is 4. The molecule has 0 saturated carbocycles. The minimum Gasteiger partial charge on any atom is -0.486 e. The SMILES string of the molecule is Cl.O=C(c1ccc(COc2cccc(Br)c2)o1)N1CCNCC1. The zero-order chi connectivity index (χ0) is 15.4. The van der Waals surface area contributed by atoms with Crippen molar-refractivity contribution < 1.29 is 13.9 Å². The van der Waals surface area contributed by atoms with Crippen LogP contribution >= 0.6 is 28.3 Å². The normalized spacial score (nSPS) is 14.2. The molecule has 2 aromatic rings. The van der Waals surface area contributed by atoms with Crippen molar-refractivity contribution in [2.45, 2.75) is 6.61 Å². The number of hydrogen-bond donors (Lipinski definition) is 1. The molecule has 1 aromatic carbocycles. The summed E-state index contributed by atoms with van der Waals surface area (Å²) in [6.07, 6.45) is 0. The topological polar surface area (TPSA) is 54.7 Å². The Bertz CT molecular complexity index is 656. The maximum Gasteiger partial charge on any atom is 0.289 e. The van der Waals surface area contributed by atoms with Gasteiger partial charge in [-0.25, -0.2) is 0 Å². The number of nitrogens with zero attached hydrogens (tertiary/aromatic N) is 1. The first-order valence-corrected chi connectivity index (χ1v) is 7.99. The summed E-state index contributed by atoms with van der Waals surface area (Å²) in [6.45, 7) is 3.37. The van der Waals surface area contributed by atoms with Gasteiger partial charge < -0.3 is 19.4 Å². The third-order valence-electron chi connectivity index (χ3n) is 3.45. The van der Waals surface area contributed by atoms with E-state index in [0.29, 0.717) is 31.2 Å². The molecule has 0 atom stereocenters. The Morgan fingerprint density at radius 2 is 2.04 bits per heavy atom. The lowest BCUT2D eigenvalue weighted by molar-refractivity contribution is 0.0699. The predicted molar refractivity (Wildman–Crippen MR) is 93.2 cm³/mol. The molecule has 1 aliphatic rings. The number of rotatable bonds is 4. The molecular weight excluding hydrogens is 384 g/mol. The van der Waals surface area contributed by atoms with Crippen molar-refractivity contribution in [3.05, 3.63) is 52.4 Å². The maximum atomic E-state index is 12.3. The van der Waals surface area contributed by atoms with Gasteiger partial charge in [-0.2, -0.15) is 0 Å². The third-order valence-corrected chi connectivity index (χ3v) is 3.95. The molecule has 2 heterocycles. The number of ether oxygens (including phenoxy) is 1. The van der Waals surface area contributed by atoms with Crippen LogP contribution in [-0.4, -0.2) is 37.0 Å². The van der Waals surface area contributed by atoms with Crippen molar-refractivity contribution in [1.29, 1.82) is 0 Å². The second-order valence-corrected chi connectivity index (χ2v) is 5.97. The highest BCUT2D eigenvalue weighted by Gasteiger charge is 2.20. The molecule has 1 N–H and O–H groups in total. The highest BCUT2D eigenvalue weighted by molar-refractivity contribution is 9.10. The van der Waals surface area contributed by atoms with Gasteiger partial charge in [-0.15, -0.1) is 12.4 Å². The predicted octanol–water partition coefficient (Wildman–Crippen LogP) is 3.09. The second kappa shape index (κ2) is 8.38. The highest BCUT2D eigenvalue weighted by Crippen LogP contribution is 2.19. The first-order chi connectivity index (χ1) is 10.7. The molecule has 0 unspecified atom stereocenters. The van der Waals surface area contributed by atoms with E-state index in [0.717, 1.165) is 23.3 Å². The highest BCUT2D eigenvalue weighted by atomic mass is 79.9. The molecule has 0 radical (unpaired) electrons. The molecule has 1 fully saturated rings. The molecule has 1 aliphatic heterocycles. The Hall–Kier alpha value is -1.50. The van der Waals surface area contributed by atoms with Crippen LogP contribution in [0.3, 0.4) is 0 Å². The number of carbonyl (C=O) groups is 1. The van der Waals surface area contributed by atoms with Crippen molar-refractivity contribution in [3.63, 3.8) is 0 Å². The smallest absolute Gasteiger partial charge is 0.289 e. The van der Waals surface area contributed by atoms with Crippen molar-refractivity contribution in [2.75, 3.05) is 26.2 Å². The van der Waals surface area contributed by atoms with Gasteiger partial charge >= 0.3 is 0 Å². The van der Waals surface area contributed by atoms with Crippen LogP contribution in [0.1, 0.15) is 16.3 Å². The van der Waals surface area contributed by atoms with Crippen molar-refractivity contribution in [2.24, 2.45) is 0 Å². The van der Waals surface area contributed by atoms with E-state index in [1.165, 1.54) is 0 Å². The minimum atomic E-state index is -0.0600. The van der Waals surface area contributed by atoms with E-state index in [1.54, 1.807) is 17.0 Å². The quantitative estimate of drug-likeness (QED) is 0.855. The molecule has 0 aliphatic carbocycles. The van der Waals surface area contributed by atoms with Gasteiger partial charge in [0.05, 0.1) is 0 Å². The van der Waals surface area contributed by atoms with E-state index in [4.69, 9.17) is 9.15 Å².